The van der Waals surface area contributed by atoms with E-state index in [0.29, 0.717) is 6.54 Å². The van der Waals surface area contributed by atoms with Crippen molar-refractivity contribution in [2.45, 2.75) is 6.54 Å². The van der Waals surface area contributed by atoms with Gasteiger partial charge in [-0.25, -0.2) is 0 Å². The Morgan fingerprint density at radius 2 is 1.18 bits per heavy atom. The van der Waals surface area contributed by atoms with E-state index in [-0.39, 0.29) is 0 Å². The lowest BCUT2D eigenvalue weighted by Gasteiger charge is -2.26. The molecule has 2 heterocycles. The zero-order valence-electron chi connectivity index (χ0n) is 24.0. The van der Waals surface area contributed by atoms with Gasteiger partial charge in [0.2, 0.25) is 0 Å². The molecule has 1 aliphatic rings. The Bertz CT molecular complexity index is 2380. The standard InChI is InChI=1S/C41H28N2O/c1-2-6-27(7-3-1)28-14-17-32(18-15-28)43(34-20-21-36-37-22-23-42-26-40(37)44-39(36)25-34)33-19-16-30-11-13-31-12-10-29-8-4-5-9-35(29)41(31)38(30)24-33/h1-25,42H,26H2. The molecule has 44 heavy (non-hydrogen) atoms. The minimum Gasteiger partial charge on any atom is -0.458 e. The van der Waals surface area contributed by atoms with Crippen molar-refractivity contribution in [1.29, 1.82) is 0 Å². The number of hydrogen-bond donors (Lipinski definition) is 1. The summed E-state index contributed by atoms with van der Waals surface area (Å²) in [6.45, 7) is 0.701. The van der Waals surface area contributed by atoms with E-state index in [1.165, 1.54) is 43.4 Å². The van der Waals surface area contributed by atoms with E-state index in [4.69, 9.17) is 4.42 Å². The SMILES string of the molecule is C1=Cc2c(oc3cc(N(c4ccc(-c5ccccc5)cc4)c4ccc5ccc6ccc7ccccc7c6c5c4)ccc23)CN1. The molecule has 3 nitrogen and oxygen atoms in total. The van der Waals surface area contributed by atoms with Crippen LogP contribution in [0, 0.1) is 0 Å². The van der Waals surface area contributed by atoms with E-state index >= 15 is 0 Å². The van der Waals surface area contributed by atoms with Crippen LogP contribution in [0.25, 0.3) is 60.5 Å². The minimum atomic E-state index is 0.701. The number of nitrogens with one attached hydrogen (secondary N) is 1. The highest BCUT2D eigenvalue weighted by atomic mass is 16.3. The maximum Gasteiger partial charge on any atom is 0.137 e. The molecule has 1 aromatic heterocycles. The molecule has 0 amide bonds. The van der Waals surface area contributed by atoms with Gasteiger partial charge in [0.15, 0.2) is 0 Å². The predicted octanol–water partition coefficient (Wildman–Crippen LogP) is 11.1. The molecule has 3 heteroatoms. The lowest BCUT2D eigenvalue weighted by atomic mass is 9.96. The molecular formula is C41H28N2O. The second-order valence-corrected chi connectivity index (χ2v) is 11.4. The average molecular weight is 565 g/mol. The van der Waals surface area contributed by atoms with Gasteiger partial charge in [-0.2, -0.15) is 0 Å². The number of hydrogen-bond acceptors (Lipinski definition) is 3. The molecule has 1 aliphatic heterocycles. The summed E-state index contributed by atoms with van der Waals surface area (Å²) in [6, 6.07) is 50.4. The van der Waals surface area contributed by atoms with Crippen molar-refractivity contribution in [3.8, 4) is 11.1 Å². The predicted molar refractivity (Wildman–Crippen MR) is 185 cm³/mol. The van der Waals surface area contributed by atoms with Crippen LogP contribution in [0.15, 0.2) is 150 Å². The fourth-order valence-electron chi connectivity index (χ4n) is 6.74. The van der Waals surface area contributed by atoms with Gasteiger partial charge in [0.1, 0.15) is 11.3 Å². The summed E-state index contributed by atoms with van der Waals surface area (Å²) in [5.74, 6) is 0.975. The van der Waals surface area contributed by atoms with Crippen molar-refractivity contribution in [3.05, 3.63) is 157 Å². The van der Waals surface area contributed by atoms with Crippen LogP contribution in [-0.2, 0) is 6.54 Å². The van der Waals surface area contributed by atoms with Crippen molar-refractivity contribution >= 4 is 66.4 Å². The number of furan rings is 1. The summed E-state index contributed by atoms with van der Waals surface area (Å²) in [6.07, 6.45) is 4.10. The summed E-state index contributed by atoms with van der Waals surface area (Å²) >= 11 is 0. The molecule has 0 atom stereocenters. The molecule has 0 aliphatic carbocycles. The fourth-order valence-corrected chi connectivity index (χ4v) is 6.74. The van der Waals surface area contributed by atoms with Gasteiger partial charge in [0.25, 0.3) is 0 Å². The highest BCUT2D eigenvalue weighted by molar-refractivity contribution is 6.20. The van der Waals surface area contributed by atoms with Crippen LogP contribution in [0.3, 0.4) is 0 Å². The first-order valence-corrected chi connectivity index (χ1v) is 15.1. The maximum atomic E-state index is 6.37. The van der Waals surface area contributed by atoms with Gasteiger partial charge in [-0.1, -0.05) is 97.1 Å². The minimum absolute atomic E-state index is 0.701. The largest absolute Gasteiger partial charge is 0.458 e. The van der Waals surface area contributed by atoms with Gasteiger partial charge in [0.05, 0.1) is 6.54 Å². The molecule has 8 aromatic rings. The lowest BCUT2D eigenvalue weighted by molar-refractivity contribution is 0.532. The Labute approximate surface area is 255 Å². The normalized spacial score (nSPS) is 12.5. The third kappa shape index (κ3) is 3.98. The van der Waals surface area contributed by atoms with E-state index in [1.807, 2.05) is 6.20 Å². The third-order valence-electron chi connectivity index (χ3n) is 8.88. The van der Waals surface area contributed by atoms with Crippen LogP contribution in [0.2, 0.25) is 0 Å². The van der Waals surface area contributed by atoms with Crippen molar-refractivity contribution in [2.75, 3.05) is 4.90 Å². The number of nitrogens with zero attached hydrogens (tertiary/aromatic N) is 1. The zero-order valence-corrected chi connectivity index (χ0v) is 24.0. The molecule has 1 N–H and O–H groups in total. The number of benzene rings is 7. The second-order valence-electron chi connectivity index (χ2n) is 11.4. The van der Waals surface area contributed by atoms with Gasteiger partial charge in [-0.05, 0) is 92.1 Å². The van der Waals surface area contributed by atoms with Crippen molar-refractivity contribution in [3.63, 3.8) is 0 Å². The van der Waals surface area contributed by atoms with Crippen LogP contribution in [-0.4, -0.2) is 0 Å². The molecule has 0 radical (unpaired) electrons. The van der Waals surface area contributed by atoms with Gasteiger partial charge in [-0.15, -0.1) is 0 Å². The Kier molecular flexibility index (Phi) is 5.57. The highest BCUT2D eigenvalue weighted by Crippen LogP contribution is 2.41. The van der Waals surface area contributed by atoms with Gasteiger partial charge in [0, 0.05) is 34.1 Å². The van der Waals surface area contributed by atoms with Gasteiger partial charge >= 0.3 is 0 Å². The Morgan fingerprint density at radius 3 is 2.05 bits per heavy atom. The van der Waals surface area contributed by atoms with Crippen molar-refractivity contribution < 1.29 is 4.42 Å². The first-order valence-electron chi connectivity index (χ1n) is 15.1. The molecule has 0 fully saturated rings. The molecule has 9 rings (SSSR count). The summed E-state index contributed by atoms with van der Waals surface area (Å²) in [5, 5.41) is 11.9. The average Bonchev–Trinajstić information content (AvgIpc) is 3.47. The topological polar surface area (TPSA) is 28.4 Å². The molecule has 0 bridgehead atoms. The third-order valence-corrected chi connectivity index (χ3v) is 8.88. The Morgan fingerprint density at radius 1 is 0.523 bits per heavy atom. The van der Waals surface area contributed by atoms with E-state index in [1.54, 1.807) is 0 Å². The van der Waals surface area contributed by atoms with Gasteiger partial charge in [-0.3, -0.25) is 0 Å². The van der Waals surface area contributed by atoms with Crippen LogP contribution in [0.1, 0.15) is 11.3 Å². The Balaban J connectivity index is 1.26. The summed E-state index contributed by atoms with van der Waals surface area (Å²) in [5.41, 5.74) is 7.70. The molecule has 0 saturated carbocycles. The van der Waals surface area contributed by atoms with E-state index in [9.17, 15) is 0 Å². The first-order chi connectivity index (χ1) is 21.8. The van der Waals surface area contributed by atoms with Crippen LogP contribution >= 0.6 is 0 Å². The molecule has 0 spiro atoms. The summed E-state index contributed by atoms with van der Waals surface area (Å²) < 4.78 is 6.37. The van der Waals surface area contributed by atoms with Crippen LogP contribution < -0.4 is 10.2 Å². The van der Waals surface area contributed by atoms with E-state index < -0.39 is 0 Å². The molecule has 208 valence electrons. The quantitative estimate of drug-likeness (QED) is 0.216. The van der Waals surface area contributed by atoms with Crippen LogP contribution in [0.4, 0.5) is 17.1 Å². The highest BCUT2D eigenvalue weighted by Gasteiger charge is 2.19. The van der Waals surface area contributed by atoms with Crippen molar-refractivity contribution in [2.24, 2.45) is 0 Å². The monoisotopic (exact) mass is 564 g/mol. The van der Waals surface area contributed by atoms with E-state index in [0.717, 1.165) is 39.4 Å². The first kappa shape index (κ1) is 24.8. The molecule has 0 unspecified atom stereocenters. The maximum absolute atomic E-state index is 6.37. The molecule has 7 aromatic carbocycles. The van der Waals surface area contributed by atoms with Gasteiger partial charge < -0.3 is 14.6 Å². The molecule has 0 saturated heterocycles. The lowest BCUT2D eigenvalue weighted by Crippen LogP contribution is -2.10. The number of fused-ring (bicyclic) bond motifs is 8. The van der Waals surface area contributed by atoms with E-state index in [2.05, 4.69) is 156 Å². The summed E-state index contributed by atoms with van der Waals surface area (Å²) in [4.78, 5) is 2.34. The number of anilines is 3. The van der Waals surface area contributed by atoms with Crippen LogP contribution in [0.5, 0.6) is 0 Å². The summed E-state index contributed by atoms with van der Waals surface area (Å²) in [7, 11) is 0. The smallest absolute Gasteiger partial charge is 0.137 e. The number of rotatable bonds is 4. The molecular weight excluding hydrogens is 536 g/mol. The Hall–Kier alpha value is -5.80. The second kappa shape index (κ2) is 9.89. The zero-order chi connectivity index (χ0) is 29.0. The fraction of sp³-hybridized carbons (Fsp3) is 0.0244. The van der Waals surface area contributed by atoms with Crippen molar-refractivity contribution in [1.82, 2.24) is 5.32 Å².